The van der Waals surface area contributed by atoms with Crippen molar-refractivity contribution < 1.29 is 4.74 Å². The molecule has 0 unspecified atom stereocenters. The molecule has 24 heavy (non-hydrogen) atoms. The molecule has 0 fully saturated rings. The molecule has 0 atom stereocenters. The first-order valence-corrected chi connectivity index (χ1v) is 7.64. The second-order valence-corrected chi connectivity index (χ2v) is 5.45. The SMILES string of the molecule is COc1ccccc1Nc1nnc(Cc2ccccc2Cl)c(=O)[nH]1. The van der Waals surface area contributed by atoms with Crippen LogP contribution in [0.2, 0.25) is 5.02 Å². The van der Waals surface area contributed by atoms with Gasteiger partial charge in [-0.05, 0) is 23.8 Å². The molecular weight excluding hydrogens is 328 g/mol. The van der Waals surface area contributed by atoms with Gasteiger partial charge in [-0.25, -0.2) is 0 Å². The zero-order valence-electron chi connectivity index (χ0n) is 12.9. The van der Waals surface area contributed by atoms with E-state index in [2.05, 4.69) is 20.5 Å². The Kier molecular flexibility index (Phi) is 4.77. The Morgan fingerprint density at radius 1 is 1.12 bits per heavy atom. The first kappa shape index (κ1) is 16.0. The molecule has 1 aromatic heterocycles. The fourth-order valence-corrected chi connectivity index (χ4v) is 2.43. The quantitative estimate of drug-likeness (QED) is 0.744. The van der Waals surface area contributed by atoms with E-state index in [-0.39, 0.29) is 11.5 Å². The number of aromatic nitrogens is 3. The lowest BCUT2D eigenvalue weighted by Gasteiger charge is -2.09. The van der Waals surface area contributed by atoms with Crippen molar-refractivity contribution in [1.82, 2.24) is 15.2 Å². The molecule has 6 nitrogen and oxygen atoms in total. The predicted octanol–water partition coefficient (Wildman–Crippen LogP) is 3.16. The molecule has 3 aromatic rings. The Morgan fingerprint density at radius 2 is 1.88 bits per heavy atom. The van der Waals surface area contributed by atoms with E-state index in [1.165, 1.54) is 0 Å². The topological polar surface area (TPSA) is 79.9 Å². The summed E-state index contributed by atoms with van der Waals surface area (Å²) >= 11 is 6.11. The summed E-state index contributed by atoms with van der Waals surface area (Å²) in [6.45, 7) is 0. The van der Waals surface area contributed by atoms with E-state index in [0.29, 0.717) is 28.6 Å². The number of ether oxygens (including phenoxy) is 1. The number of hydrogen-bond acceptors (Lipinski definition) is 5. The summed E-state index contributed by atoms with van der Waals surface area (Å²) in [6, 6.07) is 14.6. The Balaban J connectivity index is 1.83. The highest BCUT2D eigenvalue weighted by molar-refractivity contribution is 6.31. The molecular formula is C17H15ClN4O2. The number of para-hydroxylation sites is 2. The third kappa shape index (κ3) is 3.55. The van der Waals surface area contributed by atoms with Crippen LogP contribution in [0, 0.1) is 0 Å². The van der Waals surface area contributed by atoms with Crippen LogP contribution in [0.15, 0.2) is 53.3 Å². The largest absolute Gasteiger partial charge is 0.495 e. The molecule has 0 amide bonds. The minimum absolute atomic E-state index is 0.243. The number of aromatic amines is 1. The summed E-state index contributed by atoms with van der Waals surface area (Å²) in [5.41, 5.74) is 1.49. The van der Waals surface area contributed by atoms with Crippen molar-refractivity contribution in [1.29, 1.82) is 0 Å². The fraction of sp³-hybridized carbons (Fsp3) is 0.118. The van der Waals surface area contributed by atoms with Gasteiger partial charge in [0, 0.05) is 11.4 Å². The summed E-state index contributed by atoms with van der Waals surface area (Å²) in [5, 5.41) is 11.6. The second kappa shape index (κ2) is 7.14. The number of H-pyrrole nitrogens is 1. The van der Waals surface area contributed by atoms with Gasteiger partial charge in [0.1, 0.15) is 11.4 Å². The number of methoxy groups -OCH3 is 1. The van der Waals surface area contributed by atoms with Crippen LogP contribution in [0.1, 0.15) is 11.3 Å². The molecule has 0 spiro atoms. The van der Waals surface area contributed by atoms with Gasteiger partial charge >= 0.3 is 0 Å². The molecule has 2 aromatic carbocycles. The van der Waals surface area contributed by atoms with Crippen molar-refractivity contribution in [2.75, 3.05) is 12.4 Å². The lowest BCUT2D eigenvalue weighted by Crippen LogP contribution is -2.19. The average Bonchev–Trinajstić information content (AvgIpc) is 2.59. The van der Waals surface area contributed by atoms with Crippen LogP contribution in [0.3, 0.4) is 0 Å². The van der Waals surface area contributed by atoms with Crippen molar-refractivity contribution >= 4 is 23.2 Å². The summed E-state index contributed by atoms with van der Waals surface area (Å²) in [6.07, 6.45) is 0.316. The zero-order valence-corrected chi connectivity index (χ0v) is 13.7. The van der Waals surface area contributed by atoms with E-state index in [9.17, 15) is 4.79 Å². The van der Waals surface area contributed by atoms with Crippen LogP contribution >= 0.6 is 11.6 Å². The number of rotatable bonds is 5. The third-order valence-corrected chi connectivity index (χ3v) is 3.81. The van der Waals surface area contributed by atoms with Gasteiger partial charge in [-0.3, -0.25) is 9.78 Å². The number of nitrogens with one attached hydrogen (secondary N) is 2. The van der Waals surface area contributed by atoms with Crippen LogP contribution in [0.5, 0.6) is 5.75 Å². The van der Waals surface area contributed by atoms with Crippen LogP contribution in [0.25, 0.3) is 0 Å². The third-order valence-electron chi connectivity index (χ3n) is 3.44. The molecule has 0 aliphatic rings. The monoisotopic (exact) mass is 342 g/mol. The Hall–Kier alpha value is -2.86. The second-order valence-electron chi connectivity index (χ2n) is 5.04. The highest BCUT2D eigenvalue weighted by Gasteiger charge is 2.09. The molecule has 7 heteroatoms. The summed E-state index contributed by atoms with van der Waals surface area (Å²) in [7, 11) is 1.57. The van der Waals surface area contributed by atoms with Crippen molar-refractivity contribution in [2.45, 2.75) is 6.42 Å². The Bertz CT molecular complexity index is 911. The minimum Gasteiger partial charge on any atom is -0.495 e. The molecule has 0 saturated carbocycles. The lowest BCUT2D eigenvalue weighted by molar-refractivity contribution is 0.417. The van der Waals surface area contributed by atoms with E-state index < -0.39 is 0 Å². The van der Waals surface area contributed by atoms with Gasteiger partial charge in [-0.1, -0.05) is 41.9 Å². The molecule has 3 rings (SSSR count). The van der Waals surface area contributed by atoms with Crippen molar-refractivity contribution in [3.63, 3.8) is 0 Å². The summed E-state index contributed by atoms with van der Waals surface area (Å²) in [4.78, 5) is 14.9. The molecule has 0 saturated heterocycles. The van der Waals surface area contributed by atoms with Crippen LogP contribution in [-0.4, -0.2) is 22.3 Å². The van der Waals surface area contributed by atoms with E-state index in [4.69, 9.17) is 16.3 Å². The molecule has 0 bridgehead atoms. The lowest BCUT2D eigenvalue weighted by atomic mass is 10.1. The van der Waals surface area contributed by atoms with E-state index in [1.807, 2.05) is 36.4 Å². The molecule has 122 valence electrons. The fourth-order valence-electron chi connectivity index (χ4n) is 2.23. The highest BCUT2D eigenvalue weighted by Crippen LogP contribution is 2.25. The molecule has 0 aliphatic heterocycles. The van der Waals surface area contributed by atoms with Crippen molar-refractivity contribution in [3.05, 3.63) is 75.2 Å². The molecule has 1 heterocycles. The van der Waals surface area contributed by atoms with Crippen LogP contribution < -0.4 is 15.6 Å². The molecule has 2 N–H and O–H groups in total. The number of nitrogens with zero attached hydrogens (tertiary/aromatic N) is 2. The number of benzene rings is 2. The van der Waals surface area contributed by atoms with Crippen LogP contribution in [0.4, 0.5) is 11.6 Å². The van der Waals surface area contributed by atoms with Crippen molar-refractivity contribution in [2.24, 2.45) is 0 Å². The first-order valence-electron chi connectivity index (χ1n) is 7.26. The van der Waals surface area contributed by atoms with Gasteiger partial charge in [0.05, 0.1) is 12.8 Å². The van der Waals surface area contributed by atoms with E-state index >= 15 is 0 Å². The van der Waals surface area contributed by atoms with E-state index in [1.54, 1.807) is 19.2 Å². The normalized spacial score (nSPS) is 10.4. The summed E-state index contributed by atoms with van der Waals surface area (Å²) < 4.78 is 5.25. The standard InChI is InChI=1S/C17H15ClN4O2/c1-24-15-9-5-4-8-13(15)19-17-20-16(23)14(21-22-17)10-11-6-2-3-7-12(11)18/h2-9H,10H2,1H3,(H2,19,20,22,23). The Labute approximate surface area is 143 Å². The number of halogens is 1. The molecule has 0 aliphatic carbocycles. The van der Waals surface area contributed by atoms with Gasteiger partial charge in [-0.2, -0.15) is 0 Å². The molecule has 0 radical (unpaired) electrons. The number of hydrogen-bond donors (Lipinski definition) is 2. The van der Waals surface area contributed by atoms with Crippen LogP contribution in [-0.2, 0) is 6.42 Å². The highest BCUT2D eigenvalue weighted by atomic mass is 35.5. The van der Waals surface area contributed by atoms with Gasteiger partial charge in [-0.15, -0.1) is 10.2 Å². The van der Waals surface area contributed by atoms with E-state index in [0.717, 1.165) is 5.56 Å². The zero-order chi connectivity index (χ0) is 16.9. The van der Waals surface area contributed by atoms with Gasteiger partial charge in [0.15, 0.2) is 0 Å². The van der Waals surface area contributed by atoms with Crippen molar-refractivity contribution in [3.8, 4) is 5.75 Å². The predicted molar refractivity (Wildman–Crippen MR) is 93.2 cm³/mol. The Morgan fingerprint density at radius 3 is 2.62 bits per heavy atom. The summed E-state index contributed by atoms with van der Waals surface area (Å²) in [5.74, 6) is 0.882. The van der Waals surface area contributed by atoms with Gasteiger partial charge in [0.25, 0.3) is 5.56 Å². The average molecular weight is 343 g/mol. The maximum absolute atomic E-state index is 12.2. The first-order chi connectivity index (χ1) is 11.7. The van der Waals surface area contributed by atoms with Gasteiger partial charge in [0.2, 0.25) is 5.95 Å². The minimum atomic E-state index is -0.317. The van der Waals surface area contributed by atoms with Gasteiger partial charge < -0.3 is 10.1 Å². The number of anilines is 2. The smallest absolute Gasteiger partial charge is 0.274 e. The maximum Gasteiger partial charge on any atom is 0.274 e. The maximum atomic E-state index is 12.2.